The maximum atomic E-state index is 12.5. The lowest BCUT2D eigenvalue weighted by atomic mass is 10.0. The molecule has 0 spiro atoms. The minimum absolute atomic E-state index is 0.0219. The normalized spacial score (nSPS) is 11.6. The molecule has 0 bridgehead atoms. The highest BCUT2D eigenvalue weighted by Gasteiger charge is 2.20. The first-order valence-corrected chi connectivity index (χ1v) is 9.21. The minimum atomic E-state index is -0.533. The SMILES string of the molecule is CCOC(=O)CC(NC(=O)Cc1ccc(Cl)c(Cl)c1)c1cccc(OC)c1. The van der Waals surface area contributed by atoms with Crippen molar-refractivity contribution in [3.63, 3.8) is 0 Å². The van der Waals surface area contributed by atoms with Gasteiger partial charge in [-0.25, -0.2) is 0 Å². The molecule has 2 rings (SSSR count). The molecular formula is C20H21Cl2NO4. The monoisotopic (exact) mass is 409 g/mol. The summed E-state index contributed by atoms with van der Waals surface area (Å²) >= 11 is 11.9. The third kappa shape index (κ3) is 6.45. The molecule has 0 radical (unpaired) electrons. The van der Waals surface area contributed by atoms with E-state index in [1.807, 2.05) is 6.07 Å². The number of benzene rings is 2. The number of nitrogens with one attached hydrogen (secondary N) is 1. The first kappa shape index (κ1) is 21.1. The van der Waals surface area contributed by atoms with E-state index in [4.69, 9.17) is 32.7 Å². The van der Waals surface area contributed by atoms with Crippen LogP contribution >= 0.6 is 23.2 Å². The Morgan fingerprint density at radius 1 is 1.11 bits per heavy atom. The van der Waals surface area contributed by atoms with Gasteiger partial charge >= 0.3 is 5.97 Å². The van der Waals surface area contributed by atoms with E-state index in [2.05, 4.69) is 5.32 Å². The number of carbonyl (C=O) groups excluding carboxylic acids is 2. The summed E-state index contributed by atoms with van der Waals surface area (Å²) < 4.78 is 10.3. The van der Waals surface area contributed by atoms with E-state index in [-0.39, 0.29) is 31.3 Å². The van der Waals surface area contributed by atoms with Crippen LogP contribution in [-0.2, 0) is 20.7 Å². The third-order valence-electron chi connectivity index (χ3n) is 3.86. The zero-order chi connectivity index (χ0) is 19.8. The first-order valence-electron chi connectivity index (χ1n) is 8.45. The second kappa shape index (κ2) is 10.2. The standard InChI is InChI=1S/C20H21Cl2NO4/c1-3-27-20(25)12-18(14-5-4-6-15(11-14)26-2)23-19(24)10-13-7-8-16(21)17(22)9-13/h4-9,11,18H,3,10,12H2,1-2H3,(H,23,24). The third-order valence-corrected chi connectivity index (χ3v) is 4.60. The number of amides is 1. The van der Waals surface area contributed by atoms with Crippen LogP contribution in [0.2, 0.25) is 10.0 Å². The number of carbonyl (C=O) groups is 2. The average Bonchev–Trinajstić information content (AvgIpc) is 2.64. The molecule has 5 nitrogen and oxygen atoms in total. The fourth-order valence-corrected chi connectivity index (χ4v) is 2.90. The van der Waals surface area contributed by atoms with Gasteiger partial charge in [0.05, 0.1) is 42.6 Å². The Labute approximate surface area is 168 Å². The van der Waals surface area contributed by atoms with E-state index >= 15 is 0 Å². The first-order chi connectivity index (χ1) is 12.9. The van der Waals surface area contributed by atoms with Crippen LogP contribution in [0.4, 0.5) is 0 Å². The molecule has 1 amide bonds. The molecular weight excluding hydrogens is 389 g/mol. The van der Waals surface area contributed by atoms with Gasteiger partial charge in [0.25, 0.3) is 0 Å². The van der Waals surface area contributed by atoms with Crippen molar-refractivity contribution in [3.8, 4) is 5.75 Å². The largest absolute Gasteiger partial charge is 0.497 e. The van der Waals surface area contributed by atoms with Crippen LogP contribution in [0.15, 0.2) is 42.5 Å². The van der Waals surface area contributed by atoms with E-state index in [0.717, 1.165) is 11.1 Å². The summed E-state index contributed by atoms with van der Waals surface area (Å²) in [6.07, 6.45) is 0.133. The molecule has 7 heteroatoms. The summed E-state index contributed by atoms with van der Waals surface area (Å²) in [6.45, 7) is 2.02. The van der Waals surface area contributed by atoms with Crippen molar-refractivity contribution in [2.24, 2.45) is 0 Å². The fraction of sp³-hybridized carbons (Fsp3) is 0.300. The number of esters is 1. The lowest BCUT2D eigenvalue weighted by Crippen LogP contribution is -2.31. The van der Waals surface area contributed by atoms with Crippen LogP contribution in [0.5, 0.6) is 5.75 Å². The Hall–Kier alpha value is -2.24. The number of rotatable bonds is 8. The fourth-order valence-electron chi connectivity index (χ4n) is 2.58. The summed E-state index contributed by atoms with van der Waals surface area (Å²) in [4.78, 5) is 24.5. The minimum Gasteiger partial charge on any atom is -0.497 e. The molecule has 0 saturated carbocycles. The quantitative estimate of drug-likeness (QED) is 0.657. The van der Waals surface area contributed by atoms with Gasteiger partial charge in [0.15, 0.2) is 0 Å². The van der Waals surface area contributed by atoms with Crippen LogP contribution in [0.1, 0.15) is 30.5 Å². The van der Waals surface area contributed by atoms with Crippen molar-refractivity contribution in [2.75, 3.05) is 13.7 Å². The molecule has 0 aliphatic carbocycles. The number of methoxy groups -OCH3 is 1. The molecule has 1 N–H and O–H groups in total. The maximum Gasteiger partial charge on any atom is 0.308 e. The molecule has 144 valence electrons. The molecule has 2 aromatic rings. The zero-order valence-electron chi connectivity index (χ0n) is 15.1. The van der Waals surface area contributed by atoms with Gasteiger partial charge in [-0.1, -0.05) is 41.4 Å². The van der Waals surface area contributed by atoms with Crippen LogP contribution in [0.25, 0.3) is 0 Å². The topological polar surface area (TPSA) is 64.6 Å². The van der Waals surface area contributed by atoms with Gasteiger partial charge in [-0.3, -0.25) is 9.59 Å². The maximum absolute atomic E-state index is 12.5. The van der Waals surface area contributed by atoms with E-state index in [1.165, 1.54) is 0 Å². The Morgan fingerprint density at radius 3 is 2.56 bits per heavy atom. The van der Waals surface area contributed by atoms with Gasteiger partial charge in [-0.15, -0.1) is 0 Å². The smallest absolute Gasteiger partial charge is 0.308 e. The molecule has 1 unspecified atom stereocenters. The lowest BCUT2D eigenvalue weighted by molar-refractivity contribution is -0.143. The van der Waals surface area contributed by atoms with Gasteiger partial charge in [0, 0.05) is 0 Å². The summed E-state index contributed by atoms with van der Waals surface area (Å²) in [6, 6.07) is 11.7. The van der Waals surface area contributed by atoms with E-state index in [1.54, 1.807) is 50.4 Å². The van der Waals surface area contributed by atoms with Crippen molar-refractivity contribution >= 4 is 35.1 Å². The molecule has 0 aliphatic heterocycles. The Morgan fingerprint density at radius 2 is 1.89 bits per heavy atom. The lowest BCUT2D eigenvalue weighted by Gasteiger charge is -2.19. The van der Waals surface area contributed by atoms with Crippen molar-refractivity contribution in [3.05, 3.63) is 63.6 Å². The molecule has 0 heterocycles. The van der Waals surface area contributed by atoms with Gasteiger partial charge < -0.3 is 14.8 Å². The number of halogens is 2. The predicted molar refractivity (Wildman–Crippen MR) is 105 cm³/mol. The van der Waals surface area contributed by atoms with Crippen molar-refractivity contribution in [1.82, 2.24) is 5.32 Å². The van der Waals surface area contributed by atoms with E-state index < -0.39 is 6.04 Å². The van der Waals surface area contributed by atoms with Crippen LogP contribution in [-0.4, -0.2) is 25.6 Å². The molecule has 1 atom stereocenters. The Balaban J connectivity index is 2.15. The number of ether oxygens (including phenoxy) is 2. The number of hydrogen-bond acceptors (Lipinski definition) is 4. The van der Waals surface area contributed by atoms with Gasteiger partial charge in [0.1, 0.15) is 5.75 Å². The molecule has 0 aromatic heterocycles. The summed E-state index contributed by atoms with van der Waals surface area (Å²) in [5, 5.41) is 3.70. The van der Waals surface area contributed by atoms with Crippen LogP contribution < -0.4 is 10.1 Å². The Bertz CT molecular complexity index is 810. The second-order valence-corrected chi connectivity index (χ2v) is 6.65. The van der Waals surface area contributed by atoms with Gasteiger partial charge in [-0.2, -0.15) is 0 Å². The molecule has 2 aromatic carbocycles. The second-order valence-electron chi connectivity index (χ2n) is 5.83. The summed E-state index contributed by atoms with van der Waals surface area (Å²) in [7, 11) is 1.56. The highest BCUT2D eigenvalue weighted by Crippen LogP contribution is 2.24. The highest BCUT2D eigenvalue weighted by molar-refractivity contribution is 6.42. The molecule has 0 saturated heterocycles. The van der Waals surface area contributed by atoms with Crippen molar-refractivity contribution < 1.29 is 19.1 Å². The van der Waals surface area contributed by atoms with E-state index in [0.29, 0.717) is 15.8 Å². The number of hydrogen-bond donors (Lipinski definition) is 1. The van der Waals surface area contributed by atoms with Gasteiger partial charge in [-0.05, 0) is 42.3 Å². The Kier molecular flexibility index (Phi) is 7.95. The molecule has 0 fully saturated rings. The van der Waals surface area contributed by atoms with Crippen molar-refractivity contribution in [1.29, 1.82) is 0 Å². The zero-order valence-corrected chi connectivity index (χ0v) is 16.6. The summed E-state index contributed by atoms with van der Waals surface area (Å²) in [5.74, 6) is 0.00533. The average molecular weight is 410 g/mol. The summed E-state index contributed by atoms with van der Waals surface area (Å²) in [5.41, 5.74) is 1.48. The van der Waals surface area contributed by atoms with Gasteiger partial charge in [0.2, 0.25) is 5.91 Å². The highest BCUT2D eigenvalue weighted by atomic mass is 35.5. The van der Waals surface area contributed by atoms with Crippen LogP contribution in [0.3, 0.4) is 0 Å². The molecule has 0 aliphatic rings. The predicted octanol–water partition coefficient (Wildman–Crippen LogP) is 4.36. The van der Waals surface area contributed by atoms with Crippen LogP contribution in [0, 0.1) is 0 Å². The van der Waals surface area contributed by atoms with E-state index in [9.17, 15) is 9.59 Å². The van der Waals surface area contributed by atoms with Crippen molar-refractivity contribution in [2.45, 2.75) is 25.8 Å². The molecule has 27 heavy (non-hydrogen) atoms.